The molecule has 0 saturated carbocycles. The van der Waals surface area contributed by atoms with E-state index in [1.54, 1.807) is 0 Å². The molecule has 0 spiro atoms. The van der Waals surface area contributed by atoms with E-state index in [1.165, 1.54) is 23.8 Å². The summed E-state index contributed by atoms with van der Waals surface area (Å²) in [6, 6.07) is -1.24. The minimum Gasteiger partial charge on any atom is -0.467 e. The summed E-state index contributed by atoms with van der Waals surface area (Å²) in [4.78, 5) is 25.0. The second-order valence-electron chi connectivity index (χ2n) is 3.83. The van der Waals surface area contributed by atoms with E-state index in [9.17, 15) is 9.59 Å². The fourth-order valence-electron chi connectivity index (χ4n) is 2.09. The van der Waals surface area contributed by atoms with E-state index < -0.39 is 16.8 Å². The van der Waals surface area contributed by atoms with Crippen LogP contribution in [0.5, 0.6) is 0 Å². The summed E-state index contributed by atoms with van der Waals surface area (Å²) in [5.74, 6) is -0.631. The van der Waals surface area contributed by atoms with Gasteiger partial charge >= 0.3 is 5.97 Å². The molecular weight excluding hydrogens is 276 g/mol. The third-order valence-electron chi connectivity index (χ3n) is 2.92. The van der Waals surface area contributed by atoms with Crippen LogP contribution in [0.1, 0.15) is 26.7 Å². The highest BCUT2D eigenvalue weighted by molar-refractivity contribution is 8.01. The van der Waals surface area contributed by atoms with Crippen LogP contribution in [0.25, 0.3) is 0 Å². The van der Waals surface area contributed by atoms with Gasteiger partial charge in [0, 0.05) is 0 Å². The van der Waals surface area contributed by atoms with Gasteiger partial charge < -0.3 is 15.4 Å². The number of carbonyl (C=O) groups excluding carboxylic acids is 2. The number of thioether (sulfide) groups is 1. The Morgan fingerprint density at radius 3 is 2.67 bits per heavy atom. The molecule has 2 N–H and O–H groups in total. The number of esters is 1. The number of halogens is 1. The summed E-state index contributed by atoms with van der Waals surface area (Å²) < 4.78 is 4.27. The lowest BCUT2D eigenvalue weighted by Gasteiger charge is -2.37. The standard InChI is InChI=1S/C9H13ClN2O3S.C2H6/c1-15-9(14)4-2-3-5-12(4)8(13)6(11)7(10)16-5;1-2/h4-7H,2-3,11H2,1H3;1-2H3. The Bertz CT molecular complexity index is 329. The largest absolute Gasteiger partial charge is 0.467 e. The minimum atomic E-state index is -0.742. The molecule has 2 heterocycles. The Morgan fingerprint density at radius 2 is 2.11 bits per heavy atom. The highest BCUT2D eigenvalue weighted by Gasteiger charge is 2.49. The second-order valence-corrected chi connectivity index (χ2v) is 5.88. The lowest BCUT2D eigenvalue weighted by Crippen LogP contribution is -2.57. The molecule has 0 aromatic carbocycles. The maximum absolute atomic E-state index is 11.9. The highest BCUT2D eigenvalue weighted by atomic mass is 35.5. The van der Waals surface area contributed by atoms with Crippen molar-refractivity contribution in [1.82, 2.24) is 4.90 Å². The molecule has 104 valence electrons. The van der Waals surface area contributed by atoms with E-state index in [4.69, 9.17) is 17.3 Å². The SMILES string of the molecule is CC.COC(=O)C1CCC2SC(Cl)C(N)C(=O)N21. The quantitative estimate of drug-likeness (QED) is 0.580. The van der Waals surface area contributed by atoms with Gasteiger partial charge in [0.1, 0.15) is 16.8 Å². The van der Waals surface area contributed by atoms with E-state index in [2.05, 4.69) is 4.74 Å². The molecule has 1 amide bonds. The number of fused-ring (bicyclic) bond motifs is 1. The molecule has 4 unspecified atom stereocenters. The summed E-state index contributed by atoms with van der Waals surface area (Å²) in [5.41, 5.74) is 5.69. The number of rotatable bonds is 1. The summed E-state index contributed by atoms with van der Waals surface area (Å²) >= 11 is 7.40. The van der Waals surface area contributed by atoms with Crippen molar-refractivity contribution < 1.29 is 14.3 Å². The number of alkyl halides is 1. The van der Waals surface area contributed by atoms with Crippen LogP contribution in [-0.2, 0) is 14.3 Å². The zero-order valence-corrected chi connectivity index (χ0v) is 12.3. The third kappa shape index (κ3) is 2.75. The number of ether oxygens (including phenoxy) is 1. The first kappa shape index (κ1) is 15.6. The fraction of sp³-hybridized carbons (Fsp3) is 0.818. The molecule has 7 heteroatoms. The van der Waals surface area contributed by atoms with Crippen molar-refractivity contribution in [2.75, 3.05) is 7.11 Å². The summed E-state index contributed by atoms with van der Waals surface area (Å²) in [5, 5.41) is -0.0427. The molecule has 2 saturated heterocycles. The van der Waals surface area contributed by atoms with E-state index in [-0.39, 0.29) is 17.3 Å². The maximum atomic E-state index is 11.9. The van der Waals surface area contributed by atoms with Gasteiger partial charge in [-0.1, -0.05) is 13.8 Å². The number of nitrogens with zero attached hydrogens (tertiary/aromatic N) is 1. The molecule has 18 heavy (non-hydrogen) atoms. The molecule has 4 atom stereocenters. The van der Waals surface area contributed by atoms with Crippen molar-refractivity contribution in [2.45, 2.75) is 48.9 Å². The van der Waals surface area contributed by atoms with Gasteiger partial charge in [-0.05, 0) is 12.8 Å². The van der Waals surface area contributed by atoms with Crippen molar-refractivity contribution in [2.24, 2.45) is 5.73 Å². The Labute approximate surface area is 116 Å². The number of hydrogen-bond acceptors (Lipinski definition) is 5. The molecule has 5 nitrogen and oxygen atoms in total. The van der Waals surface area contributed by atoms with Crippen LogP contribution in [0.4, 0.5) is 0 Å². The normalized spacial score (nSPS) is 34.5. The molecule has 0 aromatic rings. The van der Waals surface area contributed by atoms with E-state index in [1.807, 2.05) is 13.8 Å². The fourth-order valence-corrected chi connectivity index (χ4v) is 3.80. The predicted octanol–water partition coefficient (Wildman–Crippen LogP) is 1.14. The Morgan fingerprint density at radius 1 is 1.50 bits per heavy atom. The van der Waals surface area contributed by atoms with Gasteiger partial charge in [-0.2, -0.15) is 0 Å². The minimum absolute atomic E-state index is 0.0427. The zero-order valence-electron chi connectivity index (χ0n) is 10.8. The first-order valence-corrected chi connectivity index (χ1v) is 7.39. The van der Waals surface area contributed by atoms with Crippen molar-refractivity contribution in [3.8, 4) is 0 Å². The van der Waals surface area contributed by atoms with Crippen LogP contribution >= 0.6 is 23.4 Å². The summed E-state index contributed by atoms with van der Waals surface area (Å²) in [6.07, 6.45) is 1.37. The number of methoxy groups -OCH3 is 1. The molecule has 0 aromatic heterocycles. The van der Waals surface area contributed by atoms with Crippen molar-refractivity contribution in [3.05, 3.63) is 0 Å². The lowest BCUT2D eigenvalue weighted by molar-refractivity contribution is -0.151. The molecule has 2 aliphatic heterocycles. The summed E-state index contributed by atoms with van der Waals surface area (Å²) in [6.45, 7) is 4.00. The van der Waals surface area contributed by atoms with Crippen molar-refractivity contribution >= 4 is 35.2 Å². The van der Waals surface area contributed by atoms with Gasteiger partial charge in [0.2, 0.25) is 5.91 Å². The van der Waals surface area contributed by atoms with E-state index in [0.29, 0.717) is 6.42 Å². The second kappa shape index (κ2) is 6.63. The van der Waals surface area contributed by atoms with Crippen molar-refractivity contribution in [3.63, 3.8) is 0 Å². The van der Waals surface area contributed by atoms with Crippen LogP contribution in [0.15, 0.2) is 0 Å². The predicted molar refractivity (Wildman–Crippen MR) is 72.2 cm³/mol. The number of amides is 1. The average Bonchev–Trinajstić information content (AvgIpc) is 2.81. The average molecular weight is 295 g/mol. The van der Waals surface area contributed by atoms with E-state index >= 15 is 0 Å². The Balaban J connectivity index is 0.000000771. The molecular formula is C11H19ClN2O3S. The zero-order chi connectivity index (χ0) is 13.9. The van der Waals surface area contributed by atoms with Crippen LogP contribution in [0.3, 0.4) is 0 Å². The van der Waals surface area contributed by atoms with Crippen LogP contribution < -0.4 is 5.73 Å². The van der Waals surface area contributed by atoms with Crippen LogP contribution in [0.2, 0.25) is 0 Å². The molecule has 0 aliphatic carbocycles. The molecule has 2 fully saturated rings. The Kier molecular flexibility index (Phi) is 5.75. The molecule has 0 radical (unpaired) electrons. The van der Waals surface area contributed by atoms with Gasteiger partial charge in [0.25, 0.3) is 0 Å². The van der Waals surface area contributed by atoms with Crippen LogP contribution in [-0.4, -0.2) is 46.1 Å². The summed E-state index contributed by atoms with van der Waals surface area (Å²) in [7, 11) is 1.32. The maximum Gasteiger partial charge on any atom is 0.328 e. The van der Waals surface area contributed by atoms with Gasteiger partial charge in [0.05, 0.1) is 12.5 Å². The number of hydrogen-bond donors (Lipinski definition) is 1. The van der Waals surface area contributed by atoms with Crippen LogP contribution in [0, 0.1) is 0 Å². The van der Waals surface area contributed by atoms with Gasteiger partial charge in [0.15, 0.2) is 0 Å². The molecule has 0 bridgehead atoms. The number of carbonyl (C=O) groups is 2. The van der Waals surface area contributed by atoms with Gasteiger partial charge in [-0.3, -0.25) is 4.79 Å². The Hall–Kier alpha value is -0.460. The monoisotopic (exact) mass is 294 g/mol. The smallest absolute Gasteiger partial charge is 0.328 e. The first-order valence-electron chi connectivity index (χ1n) is 6.01. The number of nitrogens with two attached hydrogens (primary N) is 1. The molecule has 2 rings (SSSR count). The van der Waals surface area contributed by atoms with E-state index in [0.717, 1.165) is 6.42 Å². The van der Waals surface area contributed by atoms with Gasteiger partial charge in [-0.15, -0.1) is 23.4 Å². The van der Waals surface area contributed by atoms with Gasteiger partial charge in [-0.25, -0.2) is 4.79 Å². The third-order valence-corrected chi connectivity index (χ3v) is 4.83. The highest BCUT2D eigenvalue weighted by Crippen LogP contribution is 2.41. The van der Waals surface area contributed by atoms with Crippen molar-refractivity contribution in [1.29, 1.82) is 0 Å². The molecule has 2 aliphatic rings. The first-order chi connectivity index (χ1) is 8.56. The topological polar surface area (TPSA) is 72.6 Å². The lowest BCUT2D eigenvalue weighted by atomic mass is 10.2.